The Balaban J connectivity index is 2.08. The summed E-state index contributed by atoms with van der Waals surface area (Å²) < 4.78 is 0. The summed E-state index contributed by atoms with van der Waals surface area (Å²) in [4.78, 5) is 16.5. The highest BCUT2D eigenvalue weighted by molar-refractivity contribution is 9.09. The van der Waals surface area contributed by atoms with E-state index in [0.717, 1.165) is 23.2 Å². The molecule has 18 heavy (non-hydrogen) atoms. The Morgan fingerprint density at radius 1 is 1.72 bits per heavy atom. The fraction of sp³-hybridized carbons (Fsp3) is 0.692. The zero-order valence-electron chi connectivity index (χ0n) is 10.8. The number of rotatable bonds is 3. The lowest BCUT2D eigenvalue weighted by Crippen LogP contribution is -2.52. The zero-order valence-corrected chi connectivity index (χ0v) is 13.2. The van der Waals surface area contributed by atoms with E-state index < -0.39 is 0 Å². The van der Waals surface area contributed by atoms with Crippen molar-refractivity contribution >= 4 is 33.2 Å². The Bertz CT molecular complexity index is 434. The third-order valence-corrected chi connectivity index (χ3v) is 5.42. The molecule has 3 nitrogen and oxygen atoms in total. The third kappa shape index (κ3) is 3.12. The molecule has 1 aromatic rings. The number of amides is 1. The van der Waals surface area contributed by atoms with Gasteiger partial charge in [-0.1, -0.05) is 35.7 Å². The van der Waals surface area contributed by atoms with Gasteiger partial charge in [-0.25, -0.2) is 4.98 Å². The van der Waals surface area contributed by atoms with Gasteiger partial charge in [0.2, 0.25) is 0 Å². The second-order valence-corrected chi connectivity index (χ2v) is 6.94. The van der Waals surface area contributed by atoms with Crippen molar-refractivity contribution < 1.29 is 4.79 Å². The maximum absolute atomic E-state index is 12.2. The van der Waals surface area contributed by atoms with E-state index in [-0.39, 0.29) is 11.4 Å². The van der Waals surface area contributed by atoms with Gasteiger partial charge >= 0.3 is 0 Å². The number of nitrogens with one attached hydrogen (secondary N) is 1. The van der Waals surface area contributed by atoms with E-state index >= 15 is 0 Å². The largest absolute Gasteiger partial charge is 0.344 e. The molecule has 2 atom stereocenters. The minimum atomic E-state index is -0.0910. The standard InChI is InChI=1S/C13H19BrN2OS/c1-9-4-3-5-13(6-9,8-14)16-12(17)11-7-18-10(2)15-11/h7,9H,3-6,8H2,1-2H3,(H,16,17). The molecule has 100 valence electrons. The first-order valence-corrected chi connectivity index (χ1v) is 8.35. The molecule has 1 fully saturated rings. The molecular formula is C13H19BrN2OS. The molecule has 0 radical (unpaired) electrons. The number of aryl methyl sites for hydroxylation is 1. The molecule has 1 aliphatic rings. The van der Waals surface area contributed by atoms with E-state index in [2.05, 4.69) is 33.2 Å². The monoisotopic (exact) mass is 330 g/mol. The van der Waals surface area contributed by atoms with Gasteiger partial charge in [0.25, 0.3) is 5.91 Å². The maximum Gasteiger partial charge on any atom is 0.271 e. The first kappa shape index (κ1) is 14.0. The number of carbonyl (C=O) groups excluding carboxylic acids is 1. The minimum absolute atomic E-state index is 0.0344. The van der Waals surface area contributed by atoms with Crippen molar-refractivity contribution in [3.05, 3.63) is 16.1 Å². The second-order valence-electron chi connectivity index (χ2n) is 5.32. The summed E-state index contributed by atoms with van der Waals surface area (Å²) in [5, 5.41) is 6.79. The van der Waals surface area contributed by atoms with Crippen molar-refractivity contribution in [1.82, 2.24) is 10.3 Å². The topological polar surface area (TPSA) is 42.0 Å². The van der Waals surface area contributed by atoms with Crippen LogP contribution in [-0.4, -0.2) is 21.8 Å². The molecule has 0 spiro atoms. The van der Waals surface area contributed by atoms with Gasteiger partial charge in [0.1, 0.15) is 5.69 Å². The molecule has 0 aromatic carbocycles. The predicted octanol–water partition coefficient (Wildman–Crippen LogP) is 3.53. The number of halogens is 1. The lowest BCUT2D eigenvalue weighted by Gasteiger charge is -2.39. The number of aromatic nitrogens is 1. The Kier molecular flexibility index (Phi) is 4.43. The van der Waals surface area contributed by atoms with Gasteiger partial charge in [-0.05, 0) is 25.7 Å². The van der Waals surface area contributed by atoms with Crippen molar-refractivity contribution in [2.75, 3.05) is 5.33 Å². The number of alkyl halides is 1. The molecular weight excluding hydrogens is 312 g/mol. The molecule has 2 unspecified atom stereocenters. The molecule has 1 saturated carbocycles. The van der Waals surface area contributed by atoms with E-state index in [0.29, 0.717) is 11.6 Å². The maximum atomic E-state index is 12.2. The van der Waals surface area contributed by atoms with E-state index in [9.17, 15) is 4.79 Å². The van der Waals surface area contributed by atoms with Crippen molar-refractivity contribution in [1.29, 1.82) is 0 Å². The quantitative estimate of drug-likeness (QED) is 0.861. The number of nitrogens with zero attached hydrogens (tertiary/aromatic N) is 1. The van der Waals surface area contributed by atoms with Gasteiger partial charge in [0.05, 0.1) is 10.5 Å². The Hall–Kier alpha value is -0.420. The van der Waals surface area contributed by atoms with Gasteiger partial charge in [-0.3, -0.25) is 4.79 Å². The molecule has 1 heterocycles. The summed E-state index contributed by atoms with van der Waals surface area (Å²) in [6.07, 6.45) is 4.55. The highest BCUT2D eigenvalue weighted by Crippen LogP contribution is 2.33. The first-order valence-electron chi connectivity index (χ1n) is 6.35. The predicted molar refractivity (Wildman–Crippen MR) is 78.5 cm³/mol. The first-order chi connectivity index (χ1) is 8.54. The highest BCUT2D eigenvalue weighted by atomic mass is 79.9. The second kappa shape index (κ2) is 5.70. The summed E-state index contributed by atoms with van der Waals surface area (Å²) in [6.45, 7) is 4.18. The van der Waals surface area contributed by atoms with Gasteiger partial charge < -0.3 is 5.32 Å². The van der Waals surface area contributed by atoms with E-state index in [4.69, 9.17) is 0 Å². The smallest absolute Gasteiger partial charge is 0.271 e. The molecule has 1 aromatic heterocycles. The fourth-order valence-electron chi connectivity index (χ4n) is 2.70. The number of hydrogen-bond donors (Lipinski definition) is 1. The van der Waals surface area contributed by atoms with Crippen LogP contribution in [0.5, 0.6) is 0 Å². The summed E-state index contributed by atoms with van der Waals surface area (Å²) in [6, 6.07) is 0. The average molecular weight is 331 g/mol. The highest BCUT2D eigenvalue weighted by Gasteiger charge is 2.35. The van der Waals surface area contributed by atoms with E-state index in [1.165, 1.54) is 24.2 Å². The van der Waals surface area contributed by atoms with Crippen LogP contribution in [0.1, 0.15) is 48.1 Å². The van der Waals surface area contributed by atoms with Crippen LogP contribution in [0.4, 0.5) is 0 Å². The molecule has 1 amide bonds. The van der Waals surface area contributed by atoms with Crippen molar-refractivity contribution in [2.45, 2.75) is 45.1 Å². The van der Waals surface area contributed by atoms with Crippen molar-refractivity contribution in [3.63, 3.8) is 0 Å². The summed E-state index contributed by atoms with van der Waals surface area (Å²) in [5.41, 5.74) is 0.461. The lowest BCUT2D eigenvalue weighted by molar-refractivity contribution is 0.0865. The van der Waals surface area contributed by atoms with Crippen LogP contribution >= 0.6 is 27.3 Å². The SMILES string of the molecule is Cc1nc(C(=O)NC2(CBr)CCCC(C)C2)cs1. The number of thiazole rings is 1. The van der Waals surface area contributed by atoms with Crippen molar-refractivity contribution in [3.8, 4) is 0 Å². The molecule has 5 heteroatoms. The van der Waals surface area contributed by atoms with Gasteiger partial charge in [0.15, 0.2) is 0 Å². The third-order valence-electron chi connectivity index (χ3n) is 3.58. The average Bonchev–Trinajstić information content (AvgIpc) is 2.76. The van der Waals surface area contributed by atoms with Gasteiger partial charge in [-0.2, -0.15) is 0 Å². The van der Waals surface area contributed by atoms with E-state index in [1.807, 2.05) is 12.3 Å². The number of hydrogen-bond acceptors (Lipinski definition) is 3. The van der Waals surface area contributed by atoms with Crippen LogP contribution in [0.2, 0.25) is 0 Å². The molecule has 0 bridgehead atoms. The van der Waals surface area contributed by atoms with Gasteiger partial charge in [-0.15, -0.1) is 11.3 Å². The van der Waals surface area contributed by atoms with Crippen LogP contribution in [0, 0.1) is 12.8 Å². The molecule has 0 saturated heterocycles. The Labute approximate surface area is 121 Å². The van der Waals surface area contributed by atoms with Crippen LogP contribution in [-0.2, 0) is 0 Å². The minimum Gasteiger partial charge on any atom is -0.344 e. The van der Waals surface area contributed by atoms with E-state index in [1.54, 1.807) is 0 Å². The Morgan fingerprint density at radius 3 is 3.06 bits per heavy atom. The molecule has 1 aliphatic carbocycles. The summed E-state index contributed by atoms with van der Waals surface area (Å²) in [7, 11) is 0. The number of carbonyl (C=O) groups is 1. The molecule has 0 aliphatic heterocycles. The Morgan fingerprint density at radius 2 is 2.50 bits per heavy atom. The zero-order chi connectivity index (χ0) is 13.2. The van der Waals surface area contributed by atoms with Crippen LogP contribution in [0.15, 0.2) is 5.38 Å². The van der Waals surface area contributed by atoms with Crippen LogP contribution in [0.3, 0.4) is 0 Å². The van der Waals surface area contributed by atoms with Crippen LogP contribution < -0.4 is 5.32 Å². The summed E-state index contributed by atoms with van der Waals surface area (Å²) in [5.74, 6) is 0.640. The van der Waals surface area contributed by atoms with Crippen molar-refractivity contribution in [2.24, 2.45) is 5.92 Å². The normalized spacial score (nSPS) is 28.1. The summed E-state index contributed by atoms with van der Waals surface area (Å²) >= 11 is 5.09. The van der Waals surface area contributed by atoms with Crippen LogP contribution in [0.25, 0.3) is 0 Å². The van der Waals surface area contributed by atoms with Gasteiger partial charge in [0, 0.05) is 10.7 Å². The lowest BCUT2D eigenvalue weighted by atomic mass is 9.77. The molecule has 2 rings (SSSR count). The molecule has 1 N–H and O–H groups in total. The fourth-order valence-corrected chi connectivity index (χ4v) is 3.94.